The third kappa shape index (κ3) is 3.84. The lowest BCUT2D eigenvalue weighted by Crippen LogP contribution is -2.44. The van der Waals surface area contributed by atoms with Crippen molar-refractivity contribution in [2.45, 2.75) is 32.9 Å². The Morgan fingerprint density at radius 2 is 2.00 bits per heavy atom. The number of rotatable bonds is 6. The van der Waals surface area contributed by atoms with Gasteiger partial charge in [0.15, 0.2) is 0 Å². The zero-order chi connectivity index (χ0) is 15.2. The molecule has 0 aliphatic heterocycles. The number of hydrogen-bond donors (Lipinski definition) is 2. The second-order valence-corrected chi connectivity index (χ2v) is 5.00. The molecule has 0 fully saturated rings. The van der Waals surface area contributed by atoms with E-state index in [2.05, 4.69) is 10.6 Å². The van der Waals surface area contributed by atoms with Crippen LogP contribution in [0, 0.1) is 0 Å². The van der Waals surface area contributed by atoms with Gasteiger partial charge in [0.2, 0.25) is 11.8 Å². The summed E-state index contributed by atoms with van der Waals surface area (Å²) < 4.78 is 2.05. The smallest absolute Gasteiger partial charge is 0.242 e. The predicted molar refractivity (Wildman–Crippen MR) is 82.8 cm³/mol. The number of hydrogen-bond acceptors (Lipinski definition) is 2. The number of nitrogens with one attached hydrogen (secondary N) is 2. The molecule has 1 heterocycles. The molecular formula is C16H21N3O2. The van der Waals surface area contributed by atoms with E-state index in [9.17, 15) is 9.59 Å². The van der Waals surface area contributed by atoms with Crippen molar-refractivity contribution in [2.24, 2.45) is 0 Å². The van der Waals surface area contributed by atoms with Gasteiger partial charge in [-0.3, -0.25) is 9.59 Å². The number of likely N-dealkylation sites (N-methyl/N-ethyl adjacent to an activating group) is 1. The lowest BCUT2D eigenvalue weighted by Gasteiger charge is -2.13. The molecule has 2 aromatic rings. The van der Waals surface area contributed by atoms with Crippen LogP contribution in [0.3, 0.4) is 0 Å². The average Bonchev–Trinajstić information content (AvgIpc) is 2.88. The van der Waals surface area contributed by atoms with E-state index in [1.54, 1.807) is 6.92 Å². The van der Waals surface area contributed by atoms with Gasteiger partial charge in [0.25, 0.3) is 0 Å². The van der Waals surface area contributed by atoms with Gasteiger partial charge in [-0.2, -0.15) is 0 Å². The molecule has 0 saturated heterocycles. The van der Waals surface area contributed by atoms with Crippen LogP contribution in [-0.2, 0) is 16.1 Å². The zero-order valence-corrected chi connectivity index (χ0v) is 12.4. The number of aryl methyl sites for hydroxylation is 1. The third-order valence-electron chi connectivity index (χ3n) is 3.38. The molecule has 0 aliphatic carbocycles. The summed E-state index contributed by atoms with van der Waals surface area (Å²) in [5, 5.41) is 6.56. The number of benzene rings is 1. The second-order valence-electron chi connectivity index (χ2n) is 5.00. The number of fused-ring (bicyclic) bond motifs is 1. The first-order valence-corrected chi connectivity index (χ1v) is 7.22. The molecule has 2 N–H and O–H groups in total. The van der Waals surface area contributed by atoms with Gasteiger partial charge in [0.1, 0.15) is 6.04 Å². The number of aromatic nitrogens is 1. The number of para-hydroxylation sites is 1. The average molecular weight is 287 g/mol. The van der Waals surface area contributed by atoms with Crippen molar-refractivity contribution in [1.82, 2.24) is 15.2 Å². The van der Waals surface area contributed by atoms with Gasteiger partial charge in [0.05, 0.1) is 0 Å². The predicted octanol–water partition coefficient (Wildman–Crippen LogP) is 1.67. The largest absolute Gasteiger partial charge is 0.355 e. The Kier molecular flexibility index (Phi) is 4.98. The van der Waals surface area contributed by atoms with E-state index in [0.717, 1.165) is 10.9 Å². The van der Waals surface area contributed by atoms with Crippen molar-refractivity contribution in [3.05, 3.63) is 36.5 Å². The van der Waals surface area contributed by atoms with E-state index in [-0.39, 0.29) is 11.8 Å². The minimum Gasteiger partial charge on any atom is -0.355 e. The van der Waals surface area contributed by atoms with Gasteiger partial charge in [-0.1, -0.05) is 18.2 Å². The first kappa shape index (κ1) is 15.1. The Bertz CT molecular complexity index is 633. The third-order valence-corrected chi connectivity index (χ3v) is 3.38. The van der Waals surface area contributed by atoms with Crippen molar-refractivity contribution < 1.29 is 9.59 Å². The van der Waals surface area contributed by atoms with Crippen molar-refractivity contribution in [1.29, 1.82) is 0 Å². The summed E-state index contributed by atoms with van der Waals surface area (Å²) in [5.41, 5.74) is 1.11. The number of nitrogens with zero attached hydrogens (tertiary/aromatic N) is 1. The molecular weight excluding hydrogens is 266 g/mol. The maximum Gasteiger partial charge on any atom is 0.242 e. The highest BCUT2D eigenvalue weighted by atomic mass is 16.2. The maximum absolute atomic E-state index is 11.9. The molecule has 2 rings (SSSR count). The fraction of sp³-hybridized carbons (Fsp3) is 0.375. The van der Waals surface area contributed by atoms with Crippen LogP contribution in [0.25, 0.3) is 10.9 Å². The Labute approximate surface area is 124 Å². The minimum absolute atomic E-state index is 0.119. The van der Waals surface area contributed by atoms with Gasteiger partial charge in [-0.25, -0.2) is 0 Å². The highest BCUT2D eigenvalue weighted by Crippen LogP contribution is 2.15. The molecule has 0 radical (unpaired) electrons. The van der Waals surface area contributed by atoms with Crippen LogP contribution in [0.4, 0.5) is 0 Å². The van der Waals surface area contributed by atoms with Crippen molar-refractivity contribution >= 4 is 22.7 Å². The molecule has 1 aromatic carbocycles. The highest BCUT2D eigenvalue weighted by Gasteiger charge is 2.14. The van der Waals surface area contributed by atoms with Crippen molar-refractivity contribution in [2.75, 3.05) is 6.54 Å². The molecule has 21 heavy (non-hydrogen) atoms. The van der Waals surface area contributed by atoms with Gasteiger partial charge >= 0.3 is 0 Å². The van der Waals surface area contributed by atoms with Crippen LogP contribution in [0.2, 0.25) is 0 Å². The van der Waals surface area contributed by atoms with E-state index in [4.69, 9.17) is 0 Å². The fourth-order valence-corrected chi connectivity index (χ4v) is 2.26. The quantitative estimate of drug-likeness (QED) is 0.849. The SMILES string of the molecule is CCNC(=O)C(C)NC(=O)CCn1ccc2ccccc21. The first-order chi connectivity index (χ1) is 10.1. The van der Waals surface area contributed by atoms with Crippen molar-refractivity contribution in [3.8, 4) is 0 Å². The van der Waals surface area contributed by atoms with Crippen LogP contribution in [0.15, 0.2) is 36.5 Å². The number of carbonyl (C=O) groups excluding carboxylic acids is 2. The molecule has 0 saturated carbocycles. The van der Waals surface area contributed by atoms with Gasteiger partial charge in [0, 0.05) is 31.2 Å². The summed E-state index contributed by atoms with van der Waals surface area (Å²) in [5.74, 6) is -0.274. The van der Waals surface area contributed by atoms with Crippen LogP contribution < -0.4 is 10.6 Å². The second kappa shape index (κ2) is 6.92. The Balaban J connectivity index is 1.88. The number of amides is 2. The highest BCUT2D eigenvalue weighted by molar-refractivity contribution is 5.87. The molecule has 112 valence electrons. The Morgan fingerprint density at radius 1 is 1.24 bits per heavy atom. The Morgan fingerprint density at radius 3 is 2.76 bits per heavy atom. The van der Waals surface area contributed by atoms with Crippen LogP contribution in [0.1, 0.15) is 20.3 Å². The topological polar surface area (TPSA) is 63.1 Å². The molecule has 5 heteroatoms. The van der Waals surface area contributed by atoms with E-state index >= 15 is 0 Å². The molecule has 1 aromatic heterocycles. The van der Waals surface area contributed by atoms with Crippen LogP contribution in [-0.4, -0.2) is 29.0 Å². The fourth-order valence-electron chi connectivity index (χ4n) is 2.26. The molecule has 0 bridgehead atoms. The molecule has 2 amide bonds. The number of carbonyl (C=O) groups is 2. The lowest BCUT2D eigenvalue weighted by atomic mass is 10.2. The summed E-state index contributed by atoms with van der Waals surface area (Å²) in [4.78, 5) is 23.4. The maximum atomic E-state index is 11.9. The standard InChI is InChI=1S/C16H21N3O2/c1-3-17-16(21)12(2)18-15(20)9-11-19-10-8-13-6-4-5-7-14(13)19/h4-8,10,12H,3,9,11H2,1-2H3,(H,17,21)(H,18,20). The zero-order valence-electron chi connectivity index (χ0n) is 12.4. The Hall–Kier alpha value is -2.30. The minimum atomic E-state index is -0.501. The summed E-state index contributed by atoms with van der Waals surface area (Å²) in [6, 6.07) is 9.58. The lowest BCUT2D eigenvalue weighted by molar-refractivity contribution is -0.128. The summed E-state index contributed by atoms with van der Waals surface area (Å²) in [6.07, 6.45) is 2.33. The normalized spacial score (nSPS) is 12.1. The van der Waals surface area contributed by atoms with Gasteiger partial charge in [-0.15, -0.1) is 0 Å². The first-order valence-electron chi connectivity index (χ1n) is 7.22. The molecule has 5 nitrogen and oxygen atoms in total. The summed E-state index contributed by atoms with van der Waals surface area (Å²) in [7, 11) is 0. The monoisotopic (exact) mass is 287 g/mol. The van der Waals surface area contributed by atoms with Gasteiger partial charge in [-0.05, 0) is 31.4 Å². The van der Waals surface area contributed by atoms with Crippen molar-refractivity contribution in [3.63, 3.8) is 0 Å². The summed E-state index contributed by atoms with van der Waals surface area (Å²) >= 11 is 0. The van der Waals surface area contributed by atoms with E-state index in [1.807, 2.05) is 48.0 Å². The van der Waals surface area contributed by atoms with Crippen LogP contribution in [0.5, 0.6) is 0 Å². The van der Waals surface area contributed by atoms with E-state index in [0.29, 0.717) is 19.5 Å². The summed E-state index contributed by atoms with van der Waals surface area (Å²) in [6.45, 7) is 4.70. The van der Waals surface area contributed by atoms with Gasteiger partial charge < -0.3 is 15.2 Å². The molecule has 0 aliphatic rings. The molecule has 1 unspecified atom stereocenters. The van der Waals surface area contributed by atoms with E-state index in [1.165, 1.54) is 0 Å². The molecule has 1 atom stereocenters. The van der Waals surface area contributed by atoms with E-state index < -0.39 is 6.04 Å². The van der Waals surface area contributed by atoms with Crippen LogP contribution >= 0.6 is 0 Å². The molecule has 0 spiro atoms.